The van der Waals surface area contributed by atoms with E-state index in [2.05, 4.69) is 0 Å². The summed E-state index contributed by atoms with van der Waals surface area (Å²) in [5.41, 5.74) is 2.48. The van der Waals surface area contributed by atoms with Crippen molar-refractivity contribution in [1.29, 1.82) is 0 Å². The Morgan fingerprint density at radius 1 is 1.38 bits per heavy atom. The lowest BCUT2D eigenvalue weighted by Crippen LogP contribution is -1.99. The standard InChI is InChI=1S/C11H12O2/c12-4-3-8-5-9-1-2-11(13)7-10(9)6-8/h1-2,4,7-8,13H,3,5-6H2. The molecule has 0 amide bonds. The highest BCUT2D eigenvalue weighted by Gasteiger charge is 2.20. The number of rotatable bonds is 2. The third-order valence-electron chi connectivity index (χ3n) is 2.64. The van der Waals surface area contributed by atoms with Gasteiger partial charge in [-0.05, 0) is 42.0 Å². The second-order valence-corrected chi connectivity index (χ2v) is 3.63. The molecule has 1 N–H and O–H groups in total. The number of benzene rings is 1. The second-order valence-electron chi connectivity index (χ2n) is 3.63. The Balaban J connectivity index is 2.20. The van der Waals surface area contributed by atoms with E-state index in [1.807, 2.05) is 6.07 Å². The van der Waals surface area contributed by atoms with E-state index in [4.69, 9.17) is 0 Å². The molecule has 1 atom stereocenters. The van der Waals surface area contributed by atoms with Gasteiger partial charge in [-0.1, -0.05) is 6.07 Å². The maximum Gasteiger partial charge on any atom is 0.120 e. The average molecular weight is 176 g/mol. The molecule has 1 unspecified atom stereocenters. The second kappa shape index (κ2) is 3.21. The number of fused-ring (bicyclic) bond motifs is 1. The van der Waals surface area contributed by atoms with Crippen molar-refractivity contribution in [3.63, 3.8) is 0 Å². The molecule has 0 bridgehead atoms. The first-order valence-electron chi connectivity index (χ1n) is 4.54. The third kappa shape index (κ3) is 1.57. The van der Waals surface area contributed by atoms with Crippen molar-refractivity contribution in [3.8, 4) is 5.75 Å². The largest absolute Gasteiger partial charge is 0.508 e. The number of hydrogen-bond acceptors (Lipinski definition) is 2. The molecule has 1 aliphatic carbocycles. The van der Waals surface area contributed by atoms with Crippen LogP contribution in [0.25, 0.3) is 0 Å². The van der Waals surface area contributed by atoms with Crippen molar-refractivity contribution in [1.82, 2.24) is 0 Å². The molecular weight excluding hydrogens is 164 g/mol. The predicted molar refractivity (Wildman–Crippen MR) is 49.7 cm³/mol. The molecule has 0 saturated heterocycles. The monoisotopic (exact) mass is 176 g/mol. The number of phenols is 1. The zero-order valence-corrected chi connectivity index (χ0v) is 7.36. The van der Waals surface area contributed by atoms with Crippen LogP contribution in [0.5, 0.6) is 5.75 Å². The lowest BCUT2D eigenvalue weighted by atomic mass is 10.0. The Morgan fingerprint density at radius 3 is 2.92 bits per heavy atom. The van der Waals surface area contributed by atoms with Crippen LogP contribution in [0.1, 0.15) is 17.5 Å². The van der Waals surface area contributed by atoms with Crippen LogP contribution in [0.4, 0.5) is 0 Å². The minimum Gasteiger partial charge on any atom is -0.508 e. The van der Waals surface area contributed by atoms with Crippen molar-refractivity contribution in [2.75, 3.05) is 0 Å². The van der Waals surface area contributed by atoms with E-state index in [1.165, 1.54) is 11.1 Å². The van der Waals surface area contributed by atoms with Gasteiger partial charge in [0.25, 0.3) is 0 Å². The first-order chi connectivity index (χ1) is 6.29. The maximum absolute atomic E-state index is 10.3. The number of carbonyl (C=O) groups is 1. The van der Waals surface area contributed by atoms with Gasteiger partial charge in [0.15, 0.2) is 0 Å². The Morgan fingerprint density at radius 2 is 2.15 bits per heavy atom. The third-order valence-corrected chi connectivity index (χ3v) is 2.64. The van der Waals surface area contributed by atoms with Gasteiger partial charge in [0.05, 0.1) is 0 Å². The summed E-state index contributed by atoms with van der Waals surface area (Å²) in [6.07, 6.45) is 3.53. The zero-order valence-electron chi connectivity index (χ0n) is 7.36. The number of carbonyl (C=O) groups excluding carboxylic acids is 1. The molecule has 2 rings (SSSR count). The van der Waals surface area contributed by atoms with Gasteiger partial charge in [-0.25, -0.2) is 0 Å². The molecule has 1 aromatic rings. The molecule has 0 heterocycles. The Bertz CT molecular complexity index is 331. The molecular formula is C11H12O2. The molecule has 0 radical (unpaired) electrons. The number of phenolic OH excluding ortho intramolecular Hbond substituents is 1. The molecule has 2 nitrogen and oxygen atoms in total. The first kappa shape index (κ1) is 8.30. The predicted octanol–water partition coefficient (Wildman–Crippen LogP) is 1.70. The van der Waals surface area contributed by atoms with E-state index in [9.17, 15) is 9.90 Å². The van der Waals surface area contributed by atoms with Crippen LogP contribution in [-0.4, -0.2) is 11.4 Å². The van der Waals surface area contributed by atoms with Gasteiger partial charge in [-0.15, -0.1) is 0 Å². The summed E-state index contributed by atoms with van der Waals surface area (Å²) in [6.45, 7) is 0. The van der Waals surface area contributed by atoms with Crippen LogP contribution >= 0.6 is 0 Å². The molecule has 0 aromatic heterocycles. The highest BCUT2D eigenvalue weighted by atomic mass is 16.3. The van der Waals surface area contributed by atoms with Crippen molar-refractivity contribution in [3.05, 3.63) is 29.3 Å². The van der Waals surface area contributed by atoms with Gasteiger partial charge in [-0.3, -0.25) is 0 Å². The summed E-state index contributed by atoms with van der Waals surface area (Å²) >= 11 is 0. The lowest BCUT2D eigenvalue weighted by Gasteiger charge is -2.00. The average Bonchev–Trinajstić information content (AvgIpc) is 2.46. The molecule has 2 heteroatoms. The van der Waals surface area contributed by atoms with Crippen LogP contribution in [0.3, 0.4) is 0 Å². The summed E-state index contributed by atoms with van der Waals surface area (Å²) in [6, 6.07) is 5.47. The van der Waals surface area contributed by atoms with Crippen LogP contribution < -0.4 is 0 Å². The normalized spacial score (nSPS) is 19.8. The van der Waals surface area contributed by atoms with E-state index in [1.54, 1.807) is 12.1 Å². The minimum absolute atomic E-state index is 0.325. The van der Waals surface area contributed by atoms with Crippen LogP contribution in [0.2, 0.25) is 0 Å². The summed E-state index contributed by atoms with van der Waals surface area (Å²) in [5, 5.41) is 9.24. The summed E-state index contributed by atoms with van der Waals surface area (Å²) in [4.78, 5) is 10.3. The fourth-order valence-corrected chi connectivity index (χ4v) is 2.00. The fraction of sp³-hybridized carbons (Fsp3) is 0.364. The molecule has 1 aliphatic rings. The maximum atomic E-state index is 10.3. The van der Waals surface area contributed by atoms with Gasteiger partial charge >= 0.3 is 0 Å². The van der Waals surface area contributed by atoms with Crippen LogP contribution in [-0.2, 0) is 17.6 Å². The van der Waals surface area contributed by atoms with Crippen molar-refractivity contribution >= 4 is 6.29 Å². The van der Waals surface area contributed by atoms with Gasteiger partial charge in [0, 0.05) is 6.42 Å². The highest BCUT2D eigenvalue weighted by molar-refractivity contribution is 5.51. The lowest BCUT2D eigenvalue weighted by molar-refractivity contribution is -0.108. The zero-order chi connectivity index (χ0) is 9.26. The number of hydrogen-bond donors (Lipinski definition) is 1. The molecule has 0 fully saturated rings. The van der Waals surface area contributed by atoms with E-state index in [0.29, 0.717) is 18.1 Å². The highest BCUT2D eigenvalue weighted by Crippen LogP contribution is 2.30. The molecule has 13 heavy (non-hydrogen) atoms. The Hall–Kier alpha value is -1.31. The molecule has 1 aromatic carbocycles. The first-order valence-corrected chi connectivity index (χ1v) is 4.54. The summed E-state index contributed by atoms with van der Waals surface area (Å²) < 4.78 is 0. The minimum atomic E-state index is 0.325. The van der Waals surface area contributed by atoms with E-state index < -0.39 is 0 Å². The van der Waals surface area contributed by atoms with Crippen molar-refractivity contribution < 1.29 is 9.90 Å². The molecule has 0 aliphatic heterocycles. The summed E-state index contributed by atoms with van der Waals surface area (Å²) in [7, 11) is 0. The topological polar surface area (TPSA) is 37.3 Å². The van der Waals surface area contributed by atoms with E-state index >= 15 is 0 Å². The number of aldehydes is 1. The van der Waals surface area contributed by atoms with Gasteiger partial charge in [0.2, 0.25) is 0 Å². The SMILES string of the molecule is O=CCC1Cc2ccc(O)cc2C1. The van der Waals surface area contributed by atoms with Crippen molar-refractivity contribution in [2.24, 2.45) is 5.92 Å². The summed E-state index contributed by atoms with van der Waals surface area (Å²) in [5.74, 6) is 0.778. The fourth-order valence-electron chi connectivity index (χ4n) is 2.00. The Labute approximate surface area is 77.2 Å². The van der Waals surface area contributed by atoms with Crippen molar-refractivity contribution in [2.45, 2.75) is 19.3 Å². The molecule has 68 valence electrons. The smallest absolute Gasteiger partial charge is 0.120 e. The molecule has 0 saturated carbocycles. The van der Waals surface area contributed by atoms with Crippen LogP contribution in [0.15, 0.2) is 18.2 Å². The van der Waals surface area contributed by atoms with Gasteiger partial charge in [0.1, 0.15) is 12.0 Å². The Kier molecular flexibility index (Phi) is 2.05. The van der Waals surface area contributed by atoms with Gasteiger partial charge < -0.3 is 9.90 Å². The molecule has 0 spiro atoms. The quantitative estimate of drug-likeness (QED) is 0.696. The van der Waals surface area contributed by atoms with Gasteiger partial charge in [-0.2, -0.15) is 0 Å². The number of aromatic hydroxyl groups is 1. The van der Waals surface area contributed by atoms with E-state index in [-0.39, 0.29) is 0 Å². The van der Waals surface area contributed by atoms with Crippen LogP contribution in [0, 0.1) is 5.92 Å². The van der Waals surface area contributed by atoms with E-state index in [0.717, 1.165) is 19.1 Å².